The Kier molecular flexibility index (Phi) is 5.16. The fourth-order valence-corrected chi connectivity index (χ4v) is 4.38. The zero-order valence-corrected chi connectivity index (χ0v) is 16.7. The number of aliphatic imine (C=N–C) groups is 1. The molecule has 0 spiro atoms. The Morgan fingerprint density at radius 1 is 1.11 bits per heavy atom. The zero-order valence-electron chi connectivity index (χ0n) is 15.9. The molecule has 0 amide bonds. The second-order valence-electron chi connectivity index (χ2n) is 6.42. The smallest absolute Gasteiger partial charge is 0.195 e. The average molecular weight is 395 g/mol. The molecular formula is C21H22N4O2S. The van der Waals surface area contributed by atoms with Gasteiger partial charge in [0.2, 0.25) is 0 Å². The Morgan fingerprint density at radius 3 is 2.61 bits per heavy atom. The molecule has 1 aliphatic carbocycles. The summed E-state index contributed by atoms with van der Waals surface area (Å²) in [6.07, 6.45) is 2.04. The van der Waals surface area contributed by atoms with Crippen molar-refractivity contribution in [2.24, 2.45) is 10.7 Å². The van der Waals surface area contributed by atoms with Gasteiger partial charge >= 0.3 is 0 Å². The van der Waals surface area contributed by atoms with Crippen molar-refractivity contribution in [2.75, 3.05) is 19.5 Å². The van der Waals surface area contributed by atoms with E-state index in [1.807, 2.05) is 18.2 Å². The molecule has 0 bridgehead atoms. The number of methoxy groups -OCH3 is 2. The number of aromatic nitrogens is 1. The van der Waals surface area contributed by atoms with E-state index in [0.717, 1.165) is 40.7 Å². The van der Waals surface area contributed by atoms with Crippen LogP contribution in [0.25, 0.3) is 11.3 Å². The molecule has 6 nitrogen and oxygen atoms in total. The van der Waals surface area contributed by atoms with Crippen molar-refractivity contribution in [1.29, 1.82) is 0 Å². The molecule has 0 radical (unpaired) electrons. The minimum atomic E-state index is 0.312. The number of hydrogen-bond acceptors (Lipinski definition) is 5. The number of nitrogens with one attached hydrogen (secondary N) is 1. The monoisotopic (exact) mass is 394 g/mol. The second-order valence-corrected chi connectivity index (χ2v) is 7.50. The van der Waals surface area contributed by atoms with Crippen LogP contribution in [0.4, 0.5) is 5.13 Å². The summed E-state index contributed by atoms with van der Waals surface area (Å²) in [5, 5.41) is 3.89. The van der Waals surface area contributed by atoms with Crippen LogP contribution >= 0.6 is 11.3 Å². The highest BCUT2D eigenvalue weighted by atomic mass is 32.1. The van der Waals surface area contributed by atoms with Gasteiger partial charge in [0.15, 0.2) is 11.1 Å². The predicted molar refractivity (Wildman–Crippen MR) is 113 cm³/mol. The van der Waals surface area contributed by atoms with Gasteiger partial charge in [-0.25, -0.2) is 9.98 Å². The Bertz CT molecular complexity index is 1010. The van der Waals surface area contributed by atoms with Crippen molar-refractivity contribution in [3.63, 3.8) is 0 Å². The van der Waals surface area contributed by atoms with Crippen molar-refractivity contribution >= 4 is 22.4 Å². The quantitative estimate of drug-likeness (QED) is 0.507. The maximum absolute atomic E-state index is 6.11. The van der Waals surface area contributed by atoms with Gasteiger partial charge in [0.25, 0.3) is 0 Å². The molecule has 28 heavy (non-hydrogen) atoms. The third-order valence-corrected chi connectivity index (χ3v) is 5.79. The van der Waals surface area contributed by atoms with Gasteiger partial charge in [0.05, 0.1) is 32.0 Å². The molecule has 7 heteroatoms. The van der Waals surface area contributed by atoms with Crippen LogP contribution in [0.3, 0.4) is 0 Å². The van der Waals surface area contributed by atoms with Crippen molar-refractivity contribution in [3.8, 4) is 22.8 Å². The minimum Gasteiger partial charge on any atom is -0.496 e. The third-order valence-electron chi connectivity index (χ3n) is 4.76. The molecule has 0 saturated heterocycles. The van der Waals surface area contributed by atoms with Gasteiger partial charge in [-0.2, -0.15) is 0 Å². The predicted octanol–water partition coefficient (Wildman–Crippen LogP) is 3.85. The summed E-state index contributed by atoms with van der Waals surface area (Å²) in [6, 6.07) is 14.1. The van der Waals surface area contributed by atoms with Crippen molar-refractivity contribution in [3.05, 3.63) is 58.5 Å². The lowest BCUT2D eigenvalue weighted by Gasteiger charge is -2.13. The molecular weight excluding hydrogens is 372 g/mol. The first-order chi connectivity index (χ1) is 13.7. The second kappa shape index (κ2) is 7.90. The van der Waals surface area contributed by atoms with Gasteiger partial charge in [-0.05, 0) is 30.5 Å². The lowest BCUT2D eigenvalue weighted by atomic mass is 9.94. The highest BCUT2D eigenvalue weighted by Crippen LogP contribution is 2.38. The van der Waals surface area contributed by atoms with Crippen LogP contribution in [-0.4, -0.2) is 25.2 Å². The molecule has 144 valence electrons. The van der Waals surface area contributed by atoms with Crippen LogP contribution in [0, 0.1) is 0 Å². The largest absolute Gasteiger partial charge is 0.496 e. The first kappa shape index (κ1) is 18.3. The summed E-state index contributed by atoms with van der Waals surface area (Å²) in [5.41, 5.74) is 10.6. The van der Waals surface area contributed by atoms with E-state index in [2.05, 4.69) is 34.6 Å². The van der Waals surface area contributed by atoms with Crippen molar-refractivity contribution in [2.45, 2.75) is 19.4 Å². The van der Waals surface area contributed by atoms with Gasteiger partial charge in [-0.15, -0.1) is 11.3 Å². The number of guanidine groups is 1. The first-order valence-corrected chi connectivity index (χ1v) is 9.86. The number of aryl methyl sites for hydroxylation is 2. The highest BCUT2D eigenvalue weighted by molar-refractivity contribution is 7.16. The van der Waals surface area contributed by atoms with E-state index in [1.165, 1.54) is 16.0 Å². The van der Waals surface area contributed by atoms with Crippen LogP contribution in [0.5, 0.6) is 11.5 Å². The summed E-state index contributed by atoms with van der Waals surface area (Å²) < 4.78 is 10.8. The highest BCUT2D eigenvalue weighted by Gasteiger charge is 2.20. The number of nitrogens with zero attached hydrogens (tertiary/aromatic N) is 2. The summed E-state index contributed by atoms with van der Waals surface area (Å²) in [4.78, 5) is 10.5. The Balaban J connectivity index is 1.53. The molecule has 2 aromatic carbocycles. The standard InChI is InChI=1S/C21H22N4O2S/c1-26-16-8-5-9-17(27-2)15(16)12-23-20(22)25-21-24-19-14-7-4-3-6-13(14)10-11-18(19)28-21/h3-9H,10-12H2,1-2H3,(H3,22,23,24,25). The van der Waals surface area contributed by atoms with E-state index in [-0.39, 0.29) is 0 Å². The molecule has 0 saturated carbocycles. The number of benzene rings is 2. The average Bonchev–Trinajstić information content (AvgIpc) is 3.14. The molecule has 1 heterocycles. The minimum absolute atomic E-state index is 0.312. The number of nitrogens with two attached hydrogens (primary N) is 1. The van der Waals surface area contributed by atoms with Gasteiger partial charge in [0.1, 0.15) is 11.5 Å². The Hall–Kier alpha value is -3.06. The molecule has 0 unspecified atom stereocenters. The molecule has 3 aromatic rings. The summed E-state index contributed by atoms with van der Waals surface area (Å²) in [5.74, 6) is 1.75. The van der Waals surface area contributed by atoms with Crippen LogP contribution in [0.15, 0.2) is 47.5 Å². The van der Waals surface area contributed by atoms with Crippen LogP contribution in [-0.2, 0) is 19.4 Å². The normalized spacial score (nSPS) is 12.9. The van der Waals surface area contributed by atoms with Crippen LogP contribution in [0.2, 0.25) is 0 Å². The summed E-state index contributed by atoms with van der Waals surface area (Å²) >= 11 is 1.63. The molecule has 4 rings (SSSR count). The molecule has 0 atom stereocenters. The van der Waals surface area contributed by atoms with E-state index in [9.17, 15) is 0 Å². The summed E-state index contributed by atoms with van der Waals surface area (Å²) in [7, 11) is 3.25. The molecule has 1 aliphatic rings. The van der Waals surface area contributed by atoms with Crippen molar-refractivity contribution in [1.82, 2.24) is 4.98 Å². The SMILES string of the molecule is COc1cccc(OC)c1CN=C(N)Nc1nc2c(s1)CCc1ccccc1-2. The van der Waals surface area contributed by atoms with E-state index >= 15 is 0 Å². The lowest BCUT2D eigenvalue weighted by molar-refractivity contribution is 0.385. The first-order valence-electron chi connectivity index (χ1n) is 9.04. The fourth-order valence-electron chi connectivity index (χ4n) is 3.40. The lowest BCUT2D eigenvalue weighted by Crippen LogP contribution is -2.22. The number of hydrogen-bond donors (Lipinski definition) is 2. The van der Waals surface area contributed by atoms with Crippen LogP contribution in [0.1, 0.15) is 16.0 Å². The molecule has 0 fully saturated rings. The number of rotatable bonds is 5. The molecule has 0 aliphatic heterocycles. The Labute approximate surface area is 168 Å². The van der Waals surface area contributed by atoms with Crippen molar-refractivity contribution < 1.29 is 9.47 Å². The maximum Gasteiger partial charge on any atom is 0.195 e. The Morgan fingerprint density at radius 2 is 1.86 bits per heavy atom. The van der Waals surface area contributed by atoms with E-state index < -0.39 is 0 Å². The molecule has 3 N–H and O–H groups in total. The topological polar surface area (TPSA) is 81.8 Å². The molecule has 1 aromatic heterocycles. The number of fused-ring (bicyclic) bond motifs is 3. The third kappa shape index (κ3) is 3.53. The van der Waals surface area contributed by atoms with E-state index in [0.29, 0.717) is 12.5 Å². The van der Waals surface area contributed by atoms with Gasteiger partial charge in [-0.1, -0.05) is 30.3 Å². The van der Waals surface area contributed by atoms with Crippen LogP contribution < -0.4 is 20.5 Å². The fraction of sp³-hybridized carbons (Fsp3) is 0.238. The van der Waals surface area contributed by atoms with Gasteiger partial charge < -0.3 is 20.5 Å². The number of anilines is 1. The van der Waals surface area contributed by atoms with Gasteiger partial charge in [0, 0.05) is 10.4 Å². The summed E-state index contributed by atoms with van der Waals surface area (Å²) in [6.45, 7) is 0.347. The maximum atomic E-state index is 6.11. The van der Waals surface area contributed by atoms with Gasteiger partial charge in [-0.3, -0.25) is 0 Å². The van der Waals surface area contributed by atoms with E-state index in [1.54, 1.807) is 25.6 Å². The number of thiazole rings is 1. The van der Waals surface area contributed by atoms with E-state index in [4.69, 9.17) is 20.2 Å². The number of ether oxygens (including phenoxy) is 2. The zero-order chi connectivity index (χ0) is 19.5.